The first-order valence-corrected chi connectivity index (χ1v) is 8.92. The molecule has 0 fully saturated rings. The van der Waals surface area contributed by atoms with Crippen LogP contribution in [0, 0.1) is 13.8 Å². The molecule has 6 nitrogen and oxygen atoms in total. The van der Waals surface area contributed by atoms with Gasteiger partial charge in [0.05, 0.1) is 29.6 Å². The van der Waals surface area contributed by atoms with Gasteiger partial charge in [0.1, 0.15) is 17.9 Å². The van der Waals surface area contributed by atoms with Crippen molar-refractivity contribution < 1.29 is 4.74 Å². The molecule has 0 saturated carbocycles. The standard InChI is InChI=1S/C21H21N5O/c1-4-27-19-8-6-5-7-17(19)25-20-16-12-24-26(21(16)23-13-22-20)18-10-9-14(2)11-15(18)3/h5-13H,4H2,1-3H3,(H,22,23,25). The normalized spacial score (nSPS) is 10.9. The van der Waals surface area contributed by atoms with Crippen LogP contribution >= 0.6 is 0 Å². The number of nitrogens with one attached hydrogen (secondary N) is 1. The summed E-state index contributed by atoms with van der Waals surface area (Å²) in [5.74, 6) is 1.48. The van der Waals surface area contributed by atoms with E-state index in [4.69, 9.17) is 4.74 Å². The zero-order chi connectivity index (χ0) is 18.8. The number of nitrogens with zero attached hydrogens (tertiary/aromatic N) is 4. The number of rotatable bonds is 5. The minimum Gasteiger partial charge on any atom is -0.492 e. The van der Waals surface area contributed by atoms with Gasteiger partial charge in [-0.15, -0.1) is 0 Å². The molecule has 0 saturated heterocycles. The van der Waals surface area contributed by atoms with Gasteiger partial charge in [-0.25, -0.2) is 14.6 Å². The Bertz CT molecular complexity index is 1100. The third-order valence-electron chi connectivity index (χ3n) is 4.39. The van der Waals surface area contributed by atoms with Gasteiger partial charge >= 0.3 is 0 Å². The van der Waals surface area contributed by atoms with Gasteiger partial charge in [-0.1, -0.05) is 29.8 Å². The second kappa shape index (κ2) is 7.07. The fourth-order valence-corrected chi connectivity index (χ4v) is 3.14. The highest BCUT2D eigenvalue weighted by atomic mass is 16.5. The van der Waals surface area contributed by atoms with Crippen molar-refractivity contribution in [3.8, 4) is 11.4 Å². The van der Waals surface area contributed by atoms with E-state index in [9.17, 15) is 0 Å². The predicted molar refractivity (Wildman–Crippen MR) is 107 cm³/mol. The minimum atomic E-state index is 0.600. The number of fused-ring (bicyclic) bond motifs is 1. The van der Waals surface area contributed by atoms with Gasteiger partial charge in [-0.2, -0.15) is 5.10 Å². The van der Waals surface area contributed by atoms with E-state index in [2.05, 4.69) is 52.4 Å². The Morgan fingerprint density at radius 1 is 1.07 bits per heavy atom. The molecule has 1 N–H and O–H groups in total. The Kier molecular flexibility index (Phi) is 4.46. The summed E-state index contributed by atoms with van der Waals surface area (Å²) in [5.41, 5.74) is 4.99. The molecule has 4 rings (SSSR count). The van der Waals surface area contributed by atoms with Crippen LogP contribution in [0.5, 0.6) is 5.75 Å². The van der Waals surface area contributed by atoms with Gasteiger partial charge < -0.3 is 10.1 Å². The first-order chi connectivity index (χ1) is 13.2. The molecule has 136 valence electrons. The lowest BCUT2D eigenvalue weighted by molar-refractivity contribution is 0.342. The number of anilines is 2. The molecule has 27 heavy (non-hydrogen) atoms. The maximum Gasteiger partial charge on any atom is 0.168 e. The Labute approximate surface area is 157 Å². The van der Waals surface area contributed by atoms with Gasteiger partial charge in [-0.3, -0.25) is 0 Å². The molecule has 0 amide bonds. The van der Waals surface area contributed by atoms with Crippen molar-refractivity contribution >= 4 is 22.5 Å². The first kappa shape index (κ1) is 17.0. The molecule has 0 unspecified atom stereocenters. The van der Waals surface area contributed by atoms with Crippen LogP contribution in [-0.2, 0) is 0 Å². The van der Waals surface area contributed by atoms with Crippen molar-refractivity contribution in [1.82, 2.24) is 19.7 Å². The molecule has 0 aliphatic heterocycles. The number of hydrogen-bond acceptors (Lipinski definition) is 5. The summed E-state index contributed by atoms with van der Waals surface area (Å²) in [4.78, 5) is 8.88. The highest BCUT2D eigenvalue weighted by molar-refractivity contribution is 5.89. The second-order valence-electron chi connectivity index (χ2n) is 6.36. The molecule has 6 heteroatoms. The molecule has 0 spiro atoms. The lowest BCUT2D eigenvalue weighted by atomic mass is 10.1. The van der Waals surface area contributed by atoms with E-state index in [1.165, 1.54) is 5.56 Å². The molecule has 0 aliphatic rings. The first-order valence-electron chi connectivity index (χ1n) is 8.92. The molecule has 4 aromatic rings. The third-order valence-corrected chi connectivity index (χ3v) is 4.39. The lowest BCUT2D eigenvalue weighted by Crippen LogP contribution is -2.02. The summed E-state index contributed by atoms with van der Waals surface area (Å²) in [5, 5.41) is 8.77. The summed E-state index contributed by atoms with van der Waals surface area (Å²) >= 11 is 0. The van der Waals surface area contributed by atoms with Crippen LogP contribution in [0.3, 0.4) is 0 Å². The Morgan fingerprint density at radius 2 is 1.93 bits per heavy atom. The maximum absolute atomic E-state index is 5.70. The summed E-state index contributed by atoms with van der Waals surface area (Å²) in [7, 11) is 0. The van der Waals surface area contributed by atoms with Crippen molar-refractivity contribution in [3.63, 3.8) is 0 Å². The summed E-state index contributed by atoms with van der Waals surface area (Å²) in [6.07, 6.45) is 3.34. The molecule has 2 heterocycles. The number of aryl methyl sites for hydroxylation is 2. The van der Waals surface area contributed by atoms with Gasteiger partial charge in [0, 0.05) is 0 Å². The van der Waals surface area contributed by atoms with E-state index in [0.29, 0.717) is 12.4 Å². The molecule has 0 atom stereocenters. The van der Waals surface area contributed by atoms with Crippen LogP contribution in [0.2, 0.25) is 0 Å². The maximum atomic E-state index is 5.70. The fourth-order valence-electron chi connectivity index (χ4n) is 3.14. The minimum absolute atomic E-state index is 0.600. The van der Waals surface area contributed by atoms with Crippen molar-refractivity contribution in [2.75, 3.05) is 11.9 Å². The number of para-hydroxylation sites is 2. The average Bonchev–Trinajstić information content (AvgIpc) is 3.08. The molecule has 0 radical (unpaired) electrons. The van der Waals surface area contributed by atoms with Gasteiger partial charge in [0.25, 0.3) is 0 Å². The van der Waals surface area contributed by atoms with E-state index in [1.54, 1.807) is 12.5 Å². The predicted octanol–water partition coefficient (Wildman–Crippen LogP) is 4.57. The van der Waals surface area contributed by atoms with E-state index >= 15 is 0 Å². The van der Waals surface area contributed by atoms with Crippen molar-refractivity contribution in [3.05, 3.63) is 66.1 Å². The molecule has 0 aliphatic carbocycles. The van der Waals surface area contributed by atoms with Crippen LogP contribution < -0.4 is 10.1 Å². The molecule has 2 aromatic heterocycles. The SMILES string of the molecule is CCOc1ccccc1Nc1ncnc2c1cnn2-c1ccc(C)cc1C. The van der Waals surface area contributed by atoms with Gasteiger partial charge in [0.2, 0.25) is 0 Å². The third kappa shape index (κ3) is 3.21. The Hall–Kier alpha value is -3.41. The van der Waals surface area contributed by atoms with Crippen molar-refractivity contribution in [2.45, 2.75) is 20.8 Å². The number of aromatic nitrogens is 4. The Morgan fingerprint density at radius 3 is 2.74 bits per heavy atom. The average molecular weight is 359 g/mol. The molecular formula is C21H21N5O. The Balaban J connectivity index is 1.78. The second-order valence-corrected chi connectivity index (χ2v) is 6.36. The number of ether oxygens (including phenoxy) is 1. The fraction of sp³-hybridized carbons (Fsp3) is 0.190. The van der Waals surface area contributed by atoms with Gasteiger partial charge in [-0.05, 0) is 44.5 Å². The topological polar surface area (TPSA) is 64.9 Å². The highest BCUT2D eigenvalue weighted by Crippen LogP contribution is 2.30. The summed E-state index contributed by atoms with van der Waals surface area (Å²) < 4.78 is 7.55. The monoisotopic (exact) mass is 359 g/mol. The molecular weight excluding hydrogens is 338 g/mol. The zero-order valence-electron chi connectivity index (χ0n) is 15.6. The highest BCUT2D eigenvalue weighted by Gasteiger charge is 2.14. The largest absolute Gasteiger partial charge is 0.492 e. The smallest absolute Gasteiger partial charge is 0.168 e. The summed E-state index contributed by atoms with van der Waals surface area (Å²) in [6.45, 7) is 6.72. The lowest BCUT2D eigenvalue weighted by Gasteiger charge is -2.12. The van der Waals surface area contributed by atoms with E-state index in [-0.39, 0.29) is 0 Å². The number of benzene rings is 2. The number of hydrogen-bond donors (Lipinski definition) is 1. The van der Waals surface area contributed by atoms with Crippen LogP contribution in [-0.4, -0.2) is 26.4 Å². The van der Waals surface area contributed by atoms with E-state index in [1.807, 2.05) is 35.9 Å². The van der Waals surface area contributed by atoms with Crippen LogP contribution in [0.1, 0.15) is 18.1 Å². The van der Waals surface area contributed by atoms with Gasteiger partial charge in [0.15, 0.2) is 5.65 Å². The van der Waals surface area contributed by atoms with Crippen LogP contribution in [0.4, 0.5) is 11.5 Å². The molecule has 2 aromatic carbocycles. The van der Waals surface area contributed by atoms with E-state index < -0.39 is 0 Å². The quantitative estimate of drug-likeness (QED) is 0.565. The van der Waals surface area contributed by atoms with Crippen LogP contribution in [0.15, 0.2) is 55.0 Å². The van der Waals surface area contributed by atoms with Crippen molar-refractivity contribution in [2.24, 2.45) is 0 Å². The van der Waals surface area contributed by atoms with Crippen molar-refractivity contribution in [1.29, 1.82) is 0 Å². The molecule has 0 bridgehead atoms. The van der Waals surface area contributed by atoms with Crippen LogP contribution in [0.25, 0.3) is 16.7 Å². The van der Waals surface area contributed by atoms with E-state index in [0.717, 1.165) is 33.7 Å². The summed E-state index contributed by atoms with van der Waals surface area (Å²) in [6, 6.07) is 14.1. The zero-order valence-corrected chi connectivity index (χ0v) is 15.6.